The van der Waals surface area contributed by atoms with Gasteiger partial charge in [0.25, 0.3) is 0 Å². The topological polar surface area (TPSA) is 68.1 Å². The van der Waals surface area contributed by atoms with Crippen molar-refractivity contribution in [3.63, 3.8) is 0 Å². The lowest BCUT2D eigenvalue weighted by molar-refractivity contribution is -0.490. The highest BCUT2D eigenvalue weighted by molar-refractivity contribution is 4.70. The summed E-state index contributed by atoms with van der Waals surface area (Å²) in [6.45, 7) is 1.80. The summed E-state index contributed by atoms with van der Waals surface area (Å²) in [4.78, 5) is 0. The molecule has 0 aliphatic rings. The van der Waals surface area contributed by atoms with Crippen LogP contribution in [0.3, 0.4) is 0 Å². The molecular weight excluding hydrogens is 106 g/mol. The SMILES string of the molecule is CCC([NH3+])(CO)CO. The van der Waals surface area contributed by atoms with E-state index in [1.807, 2.05) is 6.92 Å². The van der Waals surface area contributed by atoms with Gasteiger partial charge in [-0.05, 0) is 0 Å². The third kappa shape index (κ3) is 1.78. The van der Waals surface area contributed by atoms with E-state index in [1.54, 1.807) is 0 Å². The van der Waals surface area contributed by atoms with Gasteiger partial charge in [-0.15, -0.1) is 0 Å². The molecule has 0 atom stereocenters. The molecule has 0 radical (unpaired) electrons. The van der Waals surface area contributed by atoms with Gasteiger partial charge in [0.05, 0.1) is 0 Å². The lowest BCUT2D eigenvalue weighted by atomic mass is 10.0. The van der Waals surface area contributed by atoms with Crippen molar-refractivity contribution in [3.8, 4) is 0 Å². The highest BCUT2D eigenvalue weighted by Gasteiger charge is 2.23. The zero-order chi connectivity index (χ0) is 6.62. The summed E-state index contributed by atoms with van der Waals surface area (Å²) in [6.07, 6.45) is 0.708. The van der Waals surface area contributed by atoms with Crippen molar-refractivity contribution in [3.05, 3.63) is 0 Å². The van der Waals surface area contributed by atoms with Gasteiger partial charge in [0.2, 0.25) is 0 Å². The van der Waals surface area contributed by atoms with Crippen molar-refractivity contribution in [2.24, 2.45) is 0 Å². The summed E-state index contributed by atoms with van der Waals surface area (Å²) in [5.41, 5.74) is 3.11. The van der Waals surface area contributed by atoms with E-state index >= 15 is 0 Å². The van der Waals surface area contributed by atoms with Gasteiger partial charge in [0.1, 0.15) is 18.8 Å². The Balaban J connectivity index is 3.58. The molecule has 0 saturated heterocycles. The molecule has 0 bridgehead atoms. The summed E-state index contributed by atoms with van der Waals surface area (Å²) >= 11 is 0. The highest BCUT2D eigenvalue weighted by Crippen LogP contribution is 1.98. The minimum atomic E-state index is -0.514. The Bertz CT molecular complexity index is 53.2. The average Bonchev–Trinajstić information content (AvgIpc) is 1.87. The molecule has 0 saturated carbocycles. The van der Waals surface area contributed by atoms with E-state index in [4.69, 9.17) is 10.2 Å². The van der Waals surface area contributed by atoms with Crippen molar-refractivity contribution < 1.29 is 15.9 Å². The number of hydrogen-bond donors (Lipinski definition) is 3. The Morgan fingerprint density at radius 3 is 1.75 bits per heavy atom. The predicted octanol–water partition coefficient (Wildman–Crippen LogP) is -1.64. The first kappa shape index (κ1) is 7.88. The maximum Gasteiger partial charge on any atom is 0.141 e. The molecule has 8 heavy (non-hydrogen) atoms. The van der Waals surface area contributed by atoms with Crippen molar-refractivity contribution in [2.75, 3.05) is 13.2 Å². The number of aliphatic hydroxyl groups excluding tert-OH is 2. The Morgan fingerprint density at radius 2 is 1.75 bits per heavy atom. The monoisotopic (exact) mass is 120 g/mol. The van der Waals surface area contributed by atoms with Crippen LogP contribution in [0, 0.1) is 0 Å². The first-order chi connectivity index (χ1) is 3.68. The van der Waals surface area contributed by atoms with Gasteiger partial charge in [0.15, 0.2) is 0 Å². The molecule has 0 heterocycles. The largest absolute Gasteiger partial charge is 0.390 e. The molecule has 0 aromatic heterocycles. The fourth-order valence-electron chi connectivity index (χ4n) is 0.274. The van der Waals surface area contributed by atoms with Crippen LogP contribution in [0.2, 0.25) is 0 Å². The van der Waals surface area contributed by atoms with E-state index in [0.29, 0.717) is 6.42 Å². The zero-order valence-corrected chi connectivity index (χ0v) is 5.22. The Kier molecular flexibility index (Phi) is 2.97. The van der Waals surface area contributed by atoms with Crippen LogP contribution in [-0.2, 0) is 0 Å². The highest BCUT2D eigenvalue weighted by atomic mass is 16.3. The summed E-state index contributed by atoms with van der Waals surface area (Å²) in [7, 11) is 0. The van der Waals surface area contributed by atoms with Gasteiger partial charge in [-0.2, -0.15) is 0 Å². The zero-order valence-electron chi connectivity index (χ0n) is 5.22. The van der Waals surface area contributed by atoms with Crippen LogP contribution in [0.15, 0.2) is 0 Å². The van der Waals surface area contributed by atoms with Crippen LogP contribution < -0.4 is 5.73 Å². The van der Waals surface area contributed by atoms with Gasteiger partial charge in [-0.3, -0.25) is 0 Å². The van der Waals surface area contributed by atoms with Gasteiger partial charge in [-0.25, -0.2) is 0 Å². The Labute approximate surface area is 49.1 Å². The van der Waals surface area contributed by atoms with Crippen LogP contribution in [0.4, 0.5) is 0 Å². The molecule has 0 aliphatic carbocycles. The average molecular weight is 120 g/mol. The summed E-state index contributed by atoms with van der Waals surface area (Å²) in [5, 5.41) is 17.1. The van der Waals surface area contributed by atoms with E-state index < -0.39 is 5.54 Å². The molecule has 50 valence electrons. The maximum absolute atomic E-state index is 8.56. The standard InChI is InChI=1S/C5H13NO2/c1-2-5(6,3-7)4-8/h7-8H,2-4,6H2,1H3/p+1. The molecule has 0 spiro atoms. The number of rotatable bonds is 3. The Hall–Kier alpha value is -0.120. The second kappa shape index (κ2) is 3.02. The van der Waals surface area contributed by atoms with Crippen molar-refractivity contribution >= 4 is 0 Å². The lowest BCUT2D eigenvalue weighted by Gasteiger charge is -2.17. The number of hydrogen-bond acceptors (Lipinski definition) is 2. The molecule has 3 nitrogen and oxygen atoms in total. The molecular formula is C5H14NO2+. The van der Waals surface area contributed by atoms with Crippen molar-refractivity contribution in [1.29, 1.82) is 0 Å². The van der Waals surface area contributed by atoms with E-state index in [2.05, 4.69) is 5.73 Å². The normalized spacial score (nSPS) is 12.0. The molecule has 5 N–H and O–H groups in total. The van der Waals surface area contributed by atoms with E-state index in [9.17, 15) is 0 Å². The van der Waals surface area contributed by atoms with Gasteiger partial charge < -0.3 is 15.9 Å². The van der Waals surface area contributed by atoms with Gasteiger partial charge in [-0.1, -0.05) is 6.92 Å². The minimum Gasteiger partial charge on any atom is -0.390 e. The summed E-state index contributed by atoms with van der Waals surface area (Å²) < 4.78 is 0. The predicted molar refractivity (Wildman–Crippen MR) is 30.1 cm³/mol. The first-order valence-corrected chi connectivity index (χ1v) is 2.75. The molecule has 0 fully saturated rings. The molecule has 0 aromatic carbocycles. The fraction of sp³-hybridized carbons (Fsp3) is 1.00. The lowest BCUT2D eigenvalue weighted by Crippen LogP contribution is -2.76. The molecule has 0 amide bonds. The number of quaternary nitrogens is 1. The van der Waals surface area contributed by atoms with Crippen LogP contribution in [0.1, 0.15) is 13.3 Å². The van der Waals surface area contributed by atoms with E-state index in [-0.39, 0.29) is 13.2 Å². The smallest absolute Gasteiger partial charge is 0.141 e. The minimum absolute atomic E-state index is 0.0417. The fourth-order valence-corrected chi connectivity index (χ4v) is 0.274. The molecule has 0 aliphatic heterocycles. The second-order valence-electron chi connectivity index (χ2n) is 2.17. The van der Waals surface area contributed by atoms with Gasteiger partial charge in [0, 0.05) is 6.42 Å². The second-order valence-corrected chi connectivity index (χ2v) is 2.17. The first-order valence-electron chi connectivity index (χ1n) is 2.75. The molecule has 0 rings (SSSR count). The van der Waals surface area contributed by atoms with Crippen LogP contribution in [0.5, 0.6) is 0 Å². The van der Waals surface area contributed by atoms with E-state index in [0.717, 1.165) is 0 Å². The van der Waals surface area contributed by atoms with Gasteiger partial charge >= 0.3 is 0 Å². The van der Waals surface area contributed by atoms with Crippen LogP contribution in [-0.4, -0.2) is 29.0 Å². The van der Waals surface area contributed by atoms with Crippen LogP contribution >= 0.6 is 0 Å². The van der Waals surface area contributed by atoms with Crippen molar-refractivity contribution in [2.45, 2.75) is 18.9 Å². The maximum atomic E-state index is 8.56. The third-order valence-electron chi connectivity index (χ3n) is 1.42. The molecule has 3 heteroatoms. The Morgan fingerprint density at radius 1 is 1.38 bits per heavy atom. The summed E-state index contributed by atoms with van der Waals surface area (Å²) in [5.74, 6) is 0. The molecule has 0 unspecified atom stereocenters. The van der Waals surface area contributed by atoms with E-state index in [1.165, 1.54) is 0 Å². The molecule has 0 aromatic rings. The third-order valence-corrected chi connectivity index (χ3v) is 1.42. The summed E-state index contributed by atoms with van der Waals surface area (Å²) in [6, 6.07) is 0. The quantitative estimate of drug-likeness (QED) is 0.418. The van der Waals surface area contributed by atoms with Crippen LogP contribution in [0.25, 0.3) is 0 Å². The number of aliphatic hydroxyl groups is 2. The van der Waals surface area contributed by atoms with Crippen molar-refractivity contribution in [1.82, 2.24) is 0 Å².